The number of anilines is 1. The van der Waals surface area contributed by atoms with Gasteiger partial charge in [0.15, 0.2) is 6.61 Å². The van der Waals surface area contributed by atoms with E-state index in [1.165, 1.54) is 23.1 Å². The molecular formula is C32H21Cl3N2O5. The van der Waals surface area contributed by atoms with Crippen molar-refractivity contribution in [2.24, 2.45) is 11.8 Å². The molecule has 210 valence electrons. The number of hydrogen-bond acceptors (Lipinski definition) is 6. The van der Waals surface area contributed by atoms with Gasteiger partial charge in [-0.25, -0.2) is 9.78 Å². The van der Waals surface area contributed by atoms with Crippen LogP contribution in [0.3, 0.4) is 0 Å². The predicted molar refractivity (Wildman–Crippen MR) is 161 cm³/mol. The first-order valence-corrected chi connectivity index (χ1v) is 14.2. The Morgan fingerprint density at radius 2 is 1.52 bits per heavy atom. The van der Waals surface area contributed by atoms with E-state index in [-0.39, 0.29) is 39.8 Å². The molecule has 1 aliphatic carbocycles. The topological polar surface area (TPSA) is 93.6 Å². The third-order valence-corrected chi connectivity index (χ3v) is 8.36. The van der Waals surface area contributed by atoms with Crippen LogP contribution in [-0.2, 0) is 14.3 Å². The van der Waals surface area contributed by atoms with Crippen molar-refractivity contribution >= 4 is 75.0 Å². The molecule has 4 aromatic rings. The van der Waals surface area contributed by atoms with Crippen LogP contribution in [0.15, 0.2) is 78.9 Å². The average Bonchev–Trinajstić information content (AvgIpc) is 3.25. The minimum Gasteiger partial charge on any atom is -0.454 e. The van der Waals surface area contributed by atoms with Crippen LogP contribution in [0, 0.1) is 11.8 Å². The quantitative estimate of drug-likeness (QED) is 0.0969. The van der Waals surface area contributed by atoms with E-state index in [1.54, 1.807) is 48.5 Å². The molecule has 0 N–H and O–H groups in total. The maximum absolute atomic E-state index is 13.3. The Hall–Kier alpha value is -4.04. The molecule has 2 heterocycles. The molecule has 10 heteroatoms. The zero-order valence-electron chi connectivity index (χ0n) is 21.9. The predicted octanol–water partition coefficient (Wildman–Crippen LogP) is 7.36. The molecule has 42 heavy (non-hydrogen) atoms. The number of halogens is 3. The lowest BCUT2D eigenvalue weighted by Crippen LogP contribution is -2.30. The van der Waals surface area contributed by atoms with Gasteiger partial charge >= 0.3 is 5.97 Å². The summed E-state index contributed by atoms with van der Waals surface area (Å²) in [5.74, 6) is -2.29. The number of amides is 2. The molecule has 0 bridgehead atoms. The summed E-state index contributed by atoms with van der Waals surface area (Å²) in [5.41, 5.74) is 2.23. The Morgan fingerprint density at radius 3 is 2.19 bits per heavy atom. The van der Waals surface area contributed by atoms with Crippen molar-refractivity contribution in [2.75, 3.05) is 11.5 Å². The second kappa shape index (κ2) is 11.3. The normalized spacial score (nSPS) is 17.9. The smallest absolute Gasteiger partial charge is 0.339 e. The lowest BCUT2D eigenvalue weighted by Gasteiger charge is -2.16. The molecule has 1 aromatic heterocycles. The first-order valence-electron chi connectivity index (χ1n) is 13.1. The van der Waals surface area contributed by atoms with Gasteiger partial charge in [-0.15, -0.1) is 0 Å². The van der Waals surface area contributed by atoms with Crippen molar-refractivity contribution in [3.05, 3.63) is 105 Å². The number of rotatable bonds is 6. The molecule has 2 atom stereocenters. The monoisotopic (exact) mass is 618 g/mol. The van der Waals surface area contributed by atoms with E-state index in [0.29, 0.717) is 50.7 Å². The molecule has 6 rings (SSSR count). The van der Waals surface area contributed by atoms with Crippen molar-refractivity contribution in [2.45, 2.75) is 12.8 Å². The van der Waals surface area contributed by atoms with Crippen molar-refractivity contribution in [1.82, 2.24) is 4.98 Å². The van der Waals surface area contributed by atoms with Crippen LogP contribution in [-0.4, -0.2) is 35.2 Å². The second-order valence-corrected chi connectivity index (χ2v) is 11.3. The van der Waals surface area contributed by atoms with Gasteiger partial charge in [0, 0.05) is 21.5 Å². The number of imide groups is 1. The number of ether oxygens (including phenoxy) is 1. The zero-order valence-corrected chi connectivity index (χ0v) is 24.1. The van der Waals surface area contributed by atoms with Crippen molar-refractivity contribution < 1.29 is 23.9 Å². The van der Waals surface area contributed by atoms with Crippen LogP contribution >= 0.6 is 34.8 Å². The zero-order chi connectivity index (χ0) is 29.5. The summed E-state index contributed by atoms with van der Waals surface area (Å²) >= 11 is 18.5. The molecule has 0 spiro atoms. The summed E-state index contributed by atoms with van der Waals surface area (Å²) in [6, 6.07) is 17.8. The fourth-order valence-corrected chi connectivity index (χ4v) is 6.10. The van der Waals surface area contributed by atoms with Crippen LogP contribution in [0.25, 0.3) is 22.2 Å². The Morgan fingerprint density at radius 1 is 0.833 bits per heavy atom. The number of para-hydroxylation sites is 1. The third-order valence-electron chi connectivity index (χ3n) is 7.50. The van der Waals surface area contributed by atoms with E-state index in [1.807, 2.05) is 12.2 Å². The molecule has 2 aliphatic rings. The highest BCUT2D eigenvalue weighted by Crippen LogP contribution is 2.38. The highest BCUT2D eigenvalue weighted by molar-refractivity contribution is 6.37. The maximum Gasteiger partial charge on any atom is 0.339 e. The Kier molecular flexibility index (Phi) is 7.58. The van der Waals surface area contributed by atoms with E-state index in [0.717, 1.165) is 0 Å². The van der Waals surface area contributed by atoms with Gasteiger partial charge in [0.25, 0.3) is 0 Å². The van der Waals surface area contributed by atoms with E-state index >= 15 is 0 Å². The number of hydrogen-bond donors (Lipinski definition) is 0. The van der Waals surface area contributed by atoms with E-state index in [2.05, 4.69) is 4.98 Å². The summed E-state index contributed by atoms with van der Waals surface area (Å²) < 4.78 is 5.39. The number of carbonyl (C=O) groups excluding carboxylic acids is 4. The van der Waals surface area contributed by atoms with Gasteiger partial charge in [-0.3, -0.25) is 19.3 Å². The van der Waals surface area contributed by atoms with Gasteiger partial charge < -0.3 is 4.74 Å². The van der Waals surface area contributed by atoms with Crippen LogP contribution in [0.4, 0.5) is 5.69 Å². The maximum atomic E-state index is 13.3. The number of esters is 1. The fraction of sp³-hybridized carbons (Fsp3) is 0.156. The number of fused-ring (bicyclic) bond motifs is 2. The van der Waals surface area contributed by atoms with Crippen molar-refractivity contribution in [3.63, 3.8) is 0 Å². The number of nitrogens with zero attached hydrogens (tertiary/aromatic N) is 2. The number of ketones is 1. The van der Waals surface area contributed by atoms with Gasteiger partial charge in [0.2, 0.25) is 17.6 Å². The average molecular weight is 620 g/mol. The van der Waals surface area contributed by atoms with Gasteiger partial charge in [-0.2, -0.15) is 0 Å². The molecule has 1 saturated heterocycles. The highest BCUT2D eigenvalue weighted by atomic mass is 35.5. The fourth-order valence-electron chi connectivity index (χ4n) is 5.37. The lowest BCUT2D eigenvalue weighted by molar-refractivity contribution is -0.122. The van der Waals surface area contributed by atoms with Crippen LogP contribution in [0.5, 0.6) is 0 Å². The van der Waals surface area contributed by atoms with E-state index in [9.17, 15) is 19.2 Å². The first kappa shape index (κ1) is 28.1. The molecule has 0 saturated carbocycles. The molecule has 7 nitrogen and oxygen atoms in total. The number of benzene rings is 3. The molecular weight excluding hydrogens is 599 g/mol. The third kappa shape index (κ3) is 5.09. The van der Waals surface area contributed by atoms with Crippen molar-refractivity contribution in [1.29, 1.82) is 0 Å². The minimum atomic E-state index is -0.745. The SMILES string of the molecule is O=C(COC(=O)c1cc(-c2ccc(N3C(=O)C4CC=CCC4C3=O)cc2)nc2c(Cl)cccc12)c1ccc(Cl)cc1Cl. The summed E-state index contributed by atoms with van der Waals surface area (Å²) in [4.78, 5) is 57.9. The van der Waals surface area contributed by atoms with Crippen LogP contribution in [0.2, 0.25) is 15.1 Å². The van der Waals surface area contributed by atoms with Gasteiger partial charge in [0.1, 0.15) is 0 Å². The second-order valence-electron chi connectivity index (χ2n) is 10.0. The number of Topliss-reactive ketones (excluding diaryl/α,β-unsaturated/α-hetero) is 1. The van der Waals surface area contributed by atoms with Crippen LogP contribution in [0.1, 0.15) is 33.6 Å². The Labute approximate surface area is 255 Å². The minimum absolute atomic E-state index is 0.156. The largest absolute Gasteiger partial charge is 0.454 e. The Bertz CT molecular complexity index is 1790. The molecule has 2 unspecified atom stereocenters. The molecule has 1 fully saturated rings. The summed E-state index contributed by atoms with van der Waals surface area (Å²) in [5, 5.41) is 1.31. The standard InChI is InChI=1S/C32H21Cl3N2O5/c33-18-10-13-23(26(35)14-18)28(38)16-42-32(41)24-15-27(36-29-20(24)6-3-7-25(29)34)17-8-11-19(12-9-17)37-30(39)21-4-1-2-5-22(21)31(37)40/h1-3,6-15,21-22H,4-5,16H2. The number of aromatic nitrogens is 1. The summed E-state index contributed by atoms with van der Waals surface area (Å²) in [6.07, 6.45) is 5.01. The van der Waals surface area contributed by atoms with Gasteiger partial charge in [-0.1, -0.05) is 71.2 Å². The van der Waals surface area contributed by atoms with Crippen molar-refractivity contribution in [3.8, 4) is 11.3 Å². The summed E-state index contributed by atoms with van der Waals surface area (Å²) in [7, 11) is 0. The first-order chi connectivity index (χ1) is 20.2. The van der Waals surface area contributed by atoms with Crippen LogP contribution < -0.4 is 4.90 Å². The van der Waals surface area contributed by atoms with E-state index < -0.39 is 18.4 Å². The molecule has 1 aliphatic heterocycles. The summed E-state index contributed by atoms with van der Waals surface area (Å²) in [6.45, 7) is -0.538. The van der Waals surface area contributed by atoms with Gasteiger partial charge in [-0.05, 0) is 55.3 Å². The molecule has 3 aromatic carbocycles. The van der Waals surface area contributed by atoms with E-state index in [4.69, 9.17) is 39.5 Å². The Balaban J connectivity index is 1.29. The number of carbonyl (C=O) groups is 4. The molecule has 0 radical (unpaired) electrons. The highest BCUT2D eigenvalue weighted by Gasteiger charge is 2.47. The number of allylic oxidation sites excluding steroid dienone is 2. The van der Waals surface area contributed by atoms with Gasteiger partial charge in [0.05, 0.1) is 44.3 Å². The lowest BCUT2D eigenvalue weighted by atomic mass is 9.85. The molecule has 2 amide bonds. The number of pyridine rings is 1.